The molecule has 0 spiro atoms. The van der Waals surface area contributed by atoms with E-state index in [9.17, 15) is 9.59 Å². The average molecular weight is 346 g/mol. The fraction of sp³-hybridized carbons (Fsp3) is 0.647. The monoisotopic (exact) mass is 346 g/mol. The van der Waals surface area contributed by atoms with E-state index in [0.29, 0.717) is 32.5 Å². The van der Waals surface area contributed by atoms with Crippen molar-refractivity contribution in [3.05, 3.63) is 11.9 Å². The number of aromatic nitrogens is 2. The number of hydrogen-bond donors (Lipinski definition) is 3. The molecular formula is C17H26N6O2. The van der Waals surface area contributed by atoms with E-state index in [1.807, 2.05) is 13.0 Å². The first-order chi connectivity index (χ1) is 12.1. The van der Waals surface area contributed by atoms with Crippen LogP contribution in [-0.4, -0.2) is 54.5 Å². The minimum atomic E-state index is -0.124. The number of piperidine rings is 1. The molecule has 0 radical (unpaired) electrons. The molecule has 0 saturated carbocycles. The number of amides is 2. The summed E-state index contributed by atoms with van der Waals surface area (Å²) in [5, 5.41) is 8.90. The second kappa shape index (κ2) is 8.13. The van der Waals surface area contributed by atoms with Crippen LogP contribution in [-0.2, 0) is 9.59 Å². The fourth-order valence-corrected chi connectivity index (χ4v) is 3.23. The lowest BCUT2D eigenvalue weighted by Crippen LogP contribution is -2.43. The van der Waals surface area contributed by atoms with Crippen LogP contribution in [0.3, 0.4) is 0 Å². The second-order valence-electron chi connectivity index (χ2n) is 6.61. The van der Waals surface area contributed by atoms with Crippen LogP contribution in [0, 0.1) is 12.8 Å². The lowest BCUT2D eigenvalue weighted by Gasteiger charge is -2.21. The van der Waals surface area contributed by atoms with Gasteiger partial charge in [-0.15, -0.1) is 0 Å². The number of nitrogens with zero attached hydrogens (tertiary/aromatic N) is 3. The summed E-state index contributed by atoms with van der Waals surface area (Å²) in [6, 6.07) is 1.97. The number of hydrogen-bond acceptors (Lipinski definition) is 6. The SMILES string of the molecule is Cc1nc(NCCNC(=O)C2CCC(=O)NC2)cc(N2CCCC2)n1. The molecule has 2 fully saturated rings. The van der Waals surface area contributed by atoms with Crippen LogP contribution in [0.5, 0.6) is 0 Å². The molecule has 1 aromatic rings. The third kappa shape index (κ3) is 4.80. The van der Waals surface area contributed by atoms with Crippen LogP contribution in [0.1, 0.15) is 31.5 Å². The maximum atomic E-state index is 12.1. The molecule has 3 rings (SSSR count). The summed E-state index contributed by atoms with van der Waals surface area (Å²) in [4.78, 5) is 34.4. The van der Waals surface area contributed by atoms with Gasteiger partial charge in [0.2, 0.25) is 11.8 Å². The van der Waals surface area contributed by atoms with Crippen LogP contribution in [0.25, 0.3) is 0 Å². The zero-order valence-electron chi connectivity index (χ0n) is 14.7. The first-order valence-electron chi connectivity index (χ1n) is 9.01. The molecule has 1 aromatic heterocycles. The van der Waals surface area contributed by atoms with Crippen LogP contribution >= 0.6 is 0 Å². The maximum Gasteiger partial charge on any atom is 0.224 e. The Bertz CT molecular complexity index is 620. The van der Waals surface area contributed by atoms with E-state index in [4.69, 9.17) is 0 Å². The lowest BCUT2D eigenvalue weighted by molar-refractivity contribution is -0.128. The summed E-state index contributed by atoms with van der Waals surface area (Å²) in [6.07, 6.45) is 3.46. The Balaban J connectivity index is 1.44. The van der Waals surface area contributed by atoms with Crippen molar-refractivity contribution in [1.82, 2.24) is 20.6 Å². The van der Waals surface area contributed by atoms with Gasteiger partial charge in [-0.3, -0.25) is 9.59 Å². The van der Waals surface area contributed by atoms with Gasteiger partial charge in [0.05, 0.1) is 5.92 Å². The highest BCUT2D eigenvalue weighted by Crippen LogP contribution is 2.20. The molecule has 1 unspecified atom stereocenters. The second-order valence-corrected chi connectivity index (χ2v) is 6.61. The Hall–Kier alpha value is -2.38. The summed E-state index contributed by atoms with van der Waals surface area (Å²) in [5.74, 6) is 2.40. The summed E-state index contributed by atoms with van der Waals surface area (Å²) in [6.45, 7) is 5.53. The first kappa shape index (κ1) is 17.4. The lowest BCUT2D eigenvalue weighted by atomic mass is 9.98. The molecule has 0 aliphatic carbocycles. The minimum Gasteiger partial charge on any atom is -0.368 e. The zero-order valence-corrected chi connectivity index (χ0v) is 14.7. The Morgan fingerprint density at radius 1 is 1.32 bits per heavy atom. The molecule has 8 nitrogen and oxygen atoms in total. The van der Waals surface area contributed by atoms with Crippen molar-refractivity contribution >= 4 is 23.5 Å². The highest BCUT2D eigenvalue weighted by atomic mass is 16.2. The first-order valence-corrected chi connectivity index (χ1v) is 9.01. The number of aryl methyl sites for hydroxylation is 1. The standard InChI is InChI=1S/C17H26N6O2/c1-12-21-14(10-15(22-12)23-8-2-3-9-23)18-6-7-19-17(25)13-4-5-16(24)20-11-13/h10,13H,2-9,11H2,1H3,(H,19,25)(H,20,24)(H,18,21,22). The van der Waals surface area contributed by atoms with Crippen LogP contribution < -0.4 is 20.9 Å². The highest BCUT2D eigenvalue weighted by Gasteiger charge is 2.23. The number of anilines is 2. The van der Waals surface area contributed by atoms with E-state index in [-0.39, 0.29) is 17.7 Å². The molecule has 0 bridgehead atoms. The third-order valence-corrected chi connectivity index (χ3v) is 4.62. The van der Waals surface area contributed by atoms with Gasteiger partial charge in [-0.05, 0) is 26.2 Å². The van der Waals surface area contributed by atoms with Gasteiger partial charge >= 0.3 is 0 Å². The smallest absolute Gasteiger partial charge is 0.224 e. The number of nitrogens with one attached hydrogen (secondary N) is 3. The molecule has 1 atom stereocenters. The maximum absolute atomic E-state index is 12.1. The van der Waals surface area contributed by atoms with E-state index in [1.165, 1.54) is 12.8 Å². The predicted molar refractivity (Wildman–Crippen MR) is 95.4 cm³/mol. The van der Waals surface area contributed by atoms with Gasteiger partial charge in [-0.2, -0.15) is 0 Å². The third-order valence-electron chi connectivity index (χ3n) is 4.62. The summed E-state index contributed by atoms with van der Waals surface area (Å²) < 4.78 is 0. The van der Waals surface area contributed by atoms with Gasteiger partial charge in [0.15, 0.2) is 0 Å². The number of carbonyl (C=O) groups is 2. The van der Waals surface area contributed by atoms with Gasteiger partial charge < -0.3 is 20.9 Å². The summed E-state index contributed by atoms with van der Waals surface area (Å²) in [5.41, 5.74) is 0. The van der Waals surface area contributed by atoms with Gasteiger partial charge in [0, 0.05) is 45.2 Å². The number of carbonyl (C=O) groups excluding carboxylic acids is 2. The molecule has 2 aliphatic heterocycles. The average Bonchev–Trinajstić information content (AvgIpc) is 3.13. The number of rotatable bonds is 6. The minimum absolute atomic E-state index is 0.00146. The van der Waals surface area contributed by atoms with E-state index in [0.717, 1.165) is 30.5 Å². The van der Waals surface area contributed by atoms with Crippen LogP contribution in [0.2, 0.25) is 0 Å². The predicted octanol–water partition coefficient (Wildman–Crippen LogP) is 0.440. The summed E-state index contributed by atoms with van der Waals surface area (Å²) >= 11 is 0. The van der Waals surface area contributed by atoms with Crippen molar-refractivity contribution in [1.29, 1.82) is 0 Å². The molecule has 3 N–H and O–H groups in total. The molecule has 8 heteroatoms. The van der Waals surface area contributed by atoms with Crippen molar-refractivity contribution in [3.63, 3.8) is 0 Å². The van der Waals surface area contributed by atoms with Gasteiger partial charge in [-0.25, -0.2) is 9.97 Å². The van der Waals surface area contributed by atoms with Crippen molar-refractivity contribution in [2.24, 2.45) is 5.92 Å². The largest absolute Gasteiger partial charge is 0.368 e. The normalized spacial score (nSPS) is 20.3. The van der Waals surface area contributed by atoms with Crippen molar-refractivity contribution in [2.75, 3.05) is 42.9 Å². The molecule has 2 saturated heterocycles. The Morgan fingerprint density at radius 2 is 2.12 bits per heavy atom. The Labute approximate surface area is 147 Å². The fourth-order valence-electron chi connectivity index (χ4n) is 3.23. The van der Waals surface area contributed by atoms with Crippen molar-refractivity contribution < 1.29 is 9.59 Å². The quantitative estimate of drug-likeness (QED) is 0.647. The molecule has 2 amide bonds. The van der Waals surface area contributed by atoms with E-state index >= 15 is 0 Å². The summed E-state index contributed by atoms with van der Waals surface area (Å²) in [7, 11) is 0. The van der Waals surface area contributed by atoms with E-state index in [1.54, 1.807) is 0 Å². The van der Waals surface area contributed by atoms with Crippen molar-refractivity contribution in [2.45, 2.75) is 32.6 Å². The van der Waals surface area contributed by atoms with Gasteiger partial charge in [0.1, 0.15) is 17.5 Å². The molecule has 2 aliphatic rings. The molecule has 3 heterocycles. The molecule has 0 aromatic carbocycles. The molecule has 136 valence electrons. The van der Waals surface area contributed by atoms with Crippen molar-refractivity contribution in [3.8, 4) is 0 Å². The zero-order chi connectivity index (χ0) is 17.6. The van der Waals surface area contributed by atoms with E-state index < -0.39 is 0 Å². The Kier molecular flexibility index (Phi) is 5.67. The topological polar surface area (TPSA) is 99.2 Å². The van der Waals surface area contributed by atoms with E-state index in [2.05, 4.69) is 30.8 Å². The van der Waals surface area contributed by atoms with Gasteiger partial charge in [-0.1, -0.05) is 0 Å². The van der Waals surface area contributed by atoms with Crippen LogP contribution in [0.15, 0.2) is 6.07 Å². The molecular weight excluding hydrogens is 320 g/mol. The highest BCUT2D eigenvalue weighted by molar-refractivity contribution is 5.83. The Morgan fingerprint density at radius 3 is 2.84 bits per heavy atom. The molecule has 25 heavy (non-hydrogen) atoms. The van der Waals surface area contributed by atoms with Gasteiger partial charge in [0.25, 0.3) is 0 Å². The van der Waals surface area contributed by atoms with Crippen LogP contribution in [0.4, 0.5) is 11.6 Å².